The molecule has 1 aromatic rings. The second kappa shape index (κ2) is 6.17. The van der Waals surface area contributed by atoms with Gasteiger partial charge in [-0.3, -0.25) is 0 Å². The largest absolute Gasteiger partial charge is 0.368 e. The summed E-state index contributed by atoms with van der Waals surface area (Å²) in [7, 11) is 0. The lowest BCUT2D eigenvalue weighted by atomic mass is 10.00. The Labute approximate surface area is 113 Å². The minimum atomic E-state index is -0.631. The summed E-state index contributed by atoms with van der Waals surface area (Å²) in [6, 6.07) is 1.23. The summed E-state index contributed by atoms with van der Waals surface area (Å²) >= 11 is 0. The van der Waals surface area contributed by atoms with E-state index in [0.717, 1.165) is 38.3 Å². The first-order valence-electron chi connectivity index (χ1n) is 7.03. The Morgan fingerprint density at radius 3 is 2.79 bits per heavy atom. The fraction of sp³-hybridized carbons (Fsp3) is 0.643. The van der Waals surface area contributed by atoms with Crippen molar-refractivity contribution in [1.29, 1.82) is 0 Å². The van der Waals surface area contributed by atoms with Crippen LogP contribution in [0.15, 0.2) is 6.07 Å². The number of nitrogens with one attached hydrogen (secondary N) is 1. The van der Waals surface area contributed by atoms with Crippen molar-refractivity contribution in [3.63, 3.8) is 0 Å². The summed E-state index contributed by atoms with van der Waals surface area (Å²) in [4.78, 5) is 6.13. The smallest absolute Gasteiger partial charge is 0.168 e. The highest BCUT2D eigenvalue weighted by Gasteiger charge is 2.25. The van der Waals surface area contributed by atoms with Gasteiger partial charge in [0.2, 0.25) is 0 Å². The molecule has 0 saturated carbocycles. The molecule has 1 unspecified atom stereocenters. The molecule has 2 rings (SSSR count). The van der Waals surface area contributed by atoms with Crippen LogP contribution in [-0.4, -0.2) is 24.1 Å². The maximum Gasteiger partial charge on any atom is 0.168 e. The highest BCUT2D eigenvalue weighted by atomic mass is 19.1. The van der Waals surface area contributed by atoms with Gasteiger partial charge in [0.15, 0.2) is 23.3 Å². The molecular weight excluding hydrogens is 248 g/mol. The second-order valence-corrected chi connectivity index (χ2v) is 4.91. The highest BCUT2D eigenvalue weighted by Crippen LogP contribution is 2.29. The van der Waals surface area contributed by atoms with Crippen LogP contribution < -0.4 is 10.2 Å². The van der Waals surface area contributed by atoms with E-state index in [0.29, 0.717) is 12.6 Å². The molecule has 1 aliphatic heterocycles. The summed E-state index contributed by atoms with van der Waals surface area (Å²) in [5, 5.41) is 2.84. The second-order valence-electron chi connectivity index (χ2n) is 4.91. The molecule has 106 valence electrons. The van der Waals surface area contributed by atoms with Gasteiger partial charge in [-0.2, -0.15) is 0 Å². The maximum atomic E-state index is 14.0. The quantitative estimate of drug-likeness (QED) is 0.906. The highest BCUT2D eigenvalue weighted by molar-refractivity contribution is 5.50. The van der Waals surface area contributed by atoms with Gasteiger partial charge in [0.25, 0.3) is 0 Å². The molecule has 5 heteroatoms. The van der Waals surface area contributed by atoms with E-state index in [1.807, 2.05) is 11.8 Å². The van der Waals surface area contributed by atoms with Gasteiger partial charge in [0, 0.05) is 25.2 Å². The Bertz CT molecular complexity index is 437. The van der Waals surface area contributed by atoms with Gasteiger partial charge in [-0.1, -0.05) is 6.92 Å². The SMILES string of the molecule is CCNc1nc(N2CCCCC2CC)c(F)cc1F. The lowest BCUT2D eigenvalue weighted by Gasteiger charge is -2.36. The fourth-order valence-corrected chi connectivity index (χ4v) is 2.65. The summed E-state index contributed by atoms with van der Waals surface area (Å²) in [5.41, 5.74) is 0. The Morgan fingerprint density at radius 1 is 1.32 bits per heavy atom. The van der Waals surface area contributed by atoms with Gasteiger partial charge in [0.1, 0.15) is 0 Å². The van der Waals surface area contributed by atoms with E-state index in [1.165, 1.54) is 0 Å². The molecule has 0 amide bonds. The van der Waals surface area contributed by atoms with Crippen LogP contribution in [0.25, 0.3) is 0 Å². The van der Waals surface area contributed by atoms with Crippen LogP contribution in [0.2, 0.25) is 0 Å². The molecule has 1 atom stereocenters. The predicted octanol–water partition coefficient (Wildman–Crippen LogP) is 3.56. The number of hydrogen-bond acceptors (Lipinski definition) is 3. The van der Waals surface area contributed by atoms with Crippen molar-refractivity contribution in [3.05, 3.63) is 17.7 Å². The van der Waals surface area contributed by atoms with Crippen LogP contribution in [0.5, 0.6) is 0 Å². The number of aromatic nitrogens is 1. The van der Waals surface area contributed by atoms with Gasteiger partial charge in [-0.05, 0) is 32.6 Å². The van der Waals surface area contributed by atoms with E-state index < -0.39 is 11.6 Å². The molecule has 19 heavy (non-hydrogen) atoms. The third-order valence-electron chi connectivity index (χ3n) is 3.63. The third-order valence-corrected chi connectivity index (χ3v) is 3.63. The van der Waals surface area contributed by atoms with Crippen molar-refractivity contribution in [2.24, 2.45) is 0 Å². The monoisotopic (exact) mass is 269 g/mol. The maximum absolute atomic E-state index is 14.0. The molecule has 1 fully saturated rings. The van der Waals surface area contributed by atoms with Crippen LogP contribution in [0.4, 0.5) is 20.4 Å². The Hall–Kier alpha value is -1.39. The predicted molar refractivity (Wildman–Crippen MR) is 73.6 cm³/mol. The zero-order valence-electron chi connectivity index (χ0n) is 11.5. The standard InChI is InChI=1S/C14H21F2N3/c1-3-10-7-5-6-8-19(10)14-12(16)9-11(15)13(18-14)17-4-2/h9-10H,3-8H2,1-2H3,(H,17,18). The molecular formula is C14H21F2N3. The molecule has 0 spiro atoms. The molecule has 0 aromatic carbocycles. The number of piperidine rings is 1. The van der Waals surface area contributed by atoms with Crippen LogP contribution in [0, 0.1) is 11.6 Å². The van der Waals surface area contributed by atoms with E-state index in [4.69, 9.17) is 0 Å². The molecule has 1 aromatic heterocycles. The van der Waals surface area contributed by atoms with Crippen LogP contribution in [0.1, 0.15) is 39.5 Å². The Morgan fingerprint density at radius 2 is 2.11 bits per heavy atom. The summed E-state index contributed by atoms with van der Waals surface area (Å²) < 4.78 is 27.6. The van der Waals surface area contributed by atoms with Crippen LogP contribution >= 0.6 is 0 Å². The van der Waals surface area contributed by atoms with Gasteiger partial charge in [0.05, 0.1) is 0 Å². The number of rotatable bonds is 4. The van der Waals surface area contributed by atoms with Crippen molar-refractivity contribution < 1.29 is 8.78 Å². The number of halogens is 2. The summed E-state index contributed by atoms with van der Waals surface area (Å²) in [6.45, 7) is 5.31. The summed E-state index contributed by atoms with van der Waals surface area (Å²) in [6.07, 6.45) is 4.20. The number of pyridine rings is 1. The topological polar surface area (TPSA) is 28.2 Å². The number of anilines is 2. The van der Waals surface area contributed by atoms with Crippen molar-refractivity contribution in [1.82, 2.24) is 4.98 Å². The van der Waals surface area contributed by atoms with Gasteiger partial charge in [-0.25, -0.2) is 13.8 Å². The van der Waals surface area contributed by atoms with Crippen molar-refractivity contribution in [3.8, 4) is 0 Å². The normalized spacial score (nSPS) is 19.6. The molecule has 0 aliphatic carbocycles. The average molecular weight is 269 g/mol. The third kappa shape index (κ3) is 2.96. The fourth-order valence-electron chi connectivity index (χ4n) is 2.65. The van der Waals surface area contributed by atoms with E-state index in [-0.39, 0.29) is 11.6 Å². The molecule has 0 bridgehead atoms. The molecule has 1 N–H and O–H groups in total. The lowest BCUT2D eigenvalue weighted by Crippen LogP contribution is -2.40. The number of hydrogen-bond donors (Lipinski definition) is 1. The first-order valence-corrected chi connectivity index (χ1v) is 7.03. The van der Waals surface area contributed by atoms with Gasteiger partial charge < -0.3 is 10.2 Å². The first kappa shape index (κ1) is 14.0. The average Bonchev–Trinajstić information content (AvgIpc) is 2.42. The van der Waals surface area contributed by atoms with Crippen molar-refractivity contribution in [2.45, 2.75) is 45.6 Å². The zero-order valence-corrected chi connectivity index (χ0v) is 11.5. The lowest BCUT2D eigenvalue weighted by molar-refractivity contribution is 0.438. The Kier molecular flexibility index (Phi) is 4.56. The Balaban J connectivity index is 2.34. The number of nitrogens with zero attached hydrogens (tertiary/aromatic N) is 2. The van der Waals surface area contributed by atoms with Gasteiger partial charge in [-0.15, -0.1) is 0 Å². The molecule has 2 heterocycles. The molecule has 3 nitrogen and oxygen atoms in total. The minimum absolute atomic E-state index is 0.138. The van der Waals surface area contributed by atoms with E-state index in [9.17, 15) is 8.78 Å². The van der Waals surface area contributed by atoms with E-state index >= 15 is 0 Å². The summed E-state index contributed by atoms with van der Waals surface area (Å²) in [5.74, 6) is -0.782. The first-order chi connectivity index (χ1) is 9.17. The molecule has 0 radical (unpaired) electrons. The van der Waals surface area contributed by atoms with Gasteiger partial charge >= 0.3 is 0 Å². The van der Waals surface area contributed by atoms with Crippen LogP contribution in [-0.2, 0) is 0 Å². The molecule has 1 saturated heterocycles. The minimum Gasteiger partial charge on any atom is -0.368 e. The van der Waals surface area contributed by atoms with Crippen LogP contribution in [0.3, 0.4) is 0 Å². The van der Waals surface area contributed by atoms with E-state index in [2.05, 4.69) is 17.2 Å². The molecule has 1 aliphatic rings. The zero-order chi connectivity index (χ0) is 13.8. The van der Waals surface area contributed by atoms with Crippen molar-refractivity contribution in [2.75, 3.05) is 23.3 Å². The van der Waals surface area contributed by atoms with E-state index in [1.54, 1.807) is 0 Å². The van der Waals surface area contributed by atoms with Crippen molar-refractivity contribution >= 4 is 11.6 Å².